The Bertz CT molecular complexity index is 1630. The first-order valence-corrected chi connectivity index (χ1v) is 14.7. The average Bonchev–Trinajstić information content (AvgIpc) is 3.63. The summed E-state index contributed by atoms with van der Waals surface area (Å²) in [6, 6.07) is 9.05. The zero-order valence-electron chi connectivity index (χ0n) is 23.3. The van der Waals surface area contributed by atoms with Gasteiger partial charge < -0.3 is 29.7 Å². The molecule has 5 rings (SSSR count). The fourth-order valence-electron chi connectivity index (χ4n) is 5.03. The summed E-state index contributed by atoms with van der Waals surface area (Å²) in [6.45, 7) is 1.81. The van der Waals surface area contributed by atoms with E-state index in [1.165, 1.54) is 44.4 Å². The molecule has 1 aromatic carbocycles. The van der Waals surface area contributed by atoms with Crippen LogP contribution in [0.25, 0.3) is 0 Å². The molecule has 3 N–H and O–H groups in total. The molecule has 1 amide bonds. The number of nitriles is 1. The normalized spacial score (nSPS) is 16.7. The smallest absolute Gasteiger partial charge is 0.234 e. The van der Waals surface area contributed by atoms with Gasteiger partial charge >= 0.3 is 0 Å². The lowest BCUT2D eigenvalue weighted by Gasteiger charge is -2.37. The minimum absolute atomic E-state index is 0.0480. The van der Waals surface area contributed by atoms with Crippen molar-refractivity contribution in [2.24, 2.45) is 5.73 Å². The number of nitrogens with one attached hydrogen (secondary N) is 1. The molecule has 0 spiro atoms. The van der Waals surface area contributed by atoms with E-state index in [2.05, 4.69) is 21.6 Å². The summed E-state index contributed by atoms with van der Waals surface area (Å²) in [6.07, 6.45) is 1.60. The Labute approximate surface area is 250 Å². The lowest BCUT2D eigenvalue weighted by molar-refractivity contribution is -0.116. The molecule has 0 radical (unpaired) electrons. The highest BCUT2D eigenvalue weighted by Crippen LogP contribution is 2.47. The maximum Gasteiger partial charge on any atom is 0.234 e. The highest BCUT2D eigenvalue weighted by Gasteiger charge is 2.42. The van der Waals surface area contributed by atoms with Crippen LogP contribution in [-0.2, 0) is 9.59 Å². The van der Waals surface area contributed by atoms with Gasteiger partial charge in [-0.2, -0.15) is 5.26 Å². The summed E-state index contributed by atoms with van der Waals surface area (Å²) >= 11 is 2.41. The van der Waals surface area contributed by atoms with Crippen LogP contribution in [0.2, 0.25) is 0 Å². The van der Waals surface area contributed by atoms with Crippen LogP contribution >= 0.6 is 23.1 Å². The van der Waals surface area contributed by atoms with Crippen molar-refractivity contribution in [3.63, 3.8) is 0 Å². The van der Waals surface area contributed by atoms with E-state index in [1.807, 2.05) is 0 Å². The minimum Gasteiger partial charge on any atom is -0.493 e. The molecule has 2 aliphatic rings. The molecule has 3 heterocycles. The van der Waals surface area contributed by atoms with Crippen molar-refractivity contribution in [3.8, 4) is 23.3 Å². The number of anilines is 2. The van der Waals surface area contributed by atoms with Crippen molar-refractivity contribution in [2.45, 2.75) is 36.4 Å². The molecular formula is C28H28N6O6S2. The lowest BCUT2D eigenvalue weighted by Crippen LogP contribution is -2.38. The second-order valence-electron chi connectivity index (χ2n) is 9.37. The second-order valence-corrected chi connectivity index (χ2v) is 11.5. The molecule has 14 heteroatoms. The highest BCUT2D eigenvalue weighted by molar-refractivity contribution is 8.01. The zero-order valence-corrected chi connectivity index (χ0v) is 25.0. The van der Waals surface area contributed by atoms with Crippen molar-refractivity contribution in [2.75, 3.05) is 37.3 Å². The van der Waals surface area contributed by atoms with Gasteiger partial charge in [0, 0.05) is 35.5 Å². The third-order valence-corrected chi connectivity index (χ3v) is 8.86. The number of nitrogens with two attached hydrogens (primary N) is 1. The van der Waals surface area contributed by atoms with E-state index in [-0.39, 0.29) is 28.8 Å². The highest BCUT2D eigenvalue weighted by atomic mass is 32.2. The summed E-state index contributed by atoms with van der Waals surface area (Å²) in [5, 5.41) is 21.9. The number of Topliss-reactive ketones (excluding diaryl/α,β-unsaturated/α-hetero) is 1. The molecule has 1 aliphatic heterocycles. The molecule has 218 valence electrons. The second kappa shape index (κ2) is 12.2. The monoisotopic (exact) mass is 608 g/mol. The number of rotatable bonds is 9. The van der Waals surface area contributed by atoms with E-state index in [1.54, 1.807) is 36.1 Å². The number of ketones is 1. The number of carbonyl (C=O) groups excluding carboxylic acids is 2. The Morgan fingerprint density at radius 2 is 1.95 bits per heavy atom. The molecule has 1 atom stereocenters. The summed E-state index contributed by atoms with van der Waals surface area (Å²) in [4.78, 5) is 27.6. The first-order chi connectivity index (χ1) is 20.3. The fraction of sp³-hybridized carbons (Fsp3) is 0.321. The number of hydrogen-bond donors (Lipinski definition) is 2. The van der Waals surface area contributed by atoms with Gasteiger partial charge in [-0.25, -0.2) is 0 Å². The van der Waals surface area contributed by atoms with E-state index >= 15 is 0 Å². The summed E-state index contributed by atoms with van der Waals surface area (Å²) in [7, 11) is 4.49. The van der Waals surface area contributed by atoms with Crippen molar-refractivity contribution in [1.29, 1.82) is 5.26 Å². The zero-order chi connectivity index (χ0) is 30.0. The van der Waals surface area contributed by atoms with E-state index < -0.39 is 5.92 Å². The summed E-state index contributed by atoms with van der Waals surface area (Å²) < 4.78 is 22.4. The number of thioether (sulfide) groups is 1. The van der Waals surface area contributed by atoms with Crippen LogP contribution in [0.1, 0.15) is 36.7 Å². The maximum absolute atomic E-state index is 13.2. The van der Waals surface area contributed by atoms with Gasteiger partial charge in [-0.05, 0) is 31.9 Å². The Kier molecular flexibility index (Phi) is 8.41. The molecule has 0 saturated heterocycles. The van der Waals surface area contributed by atoms with Crippen molar-refractivity contribution >= 4 is 45.6 Å². The lowest BCUT2D eigenvalue weighted by atomic mass is 9.78. The number of carbonyl (C=O) groups is 2. The fourth-order valence-corrected chi connectivity index (χ4v) is 6.71. The molecule has 42 heavy (non-hydrogen) atoms. The van der Waals surface area contributed by atoms with E-state index in [4.69, 9.17) is 24.4 Å². The van der Waals surface area contributed by atoms with Crippen molar-refractivity contribution < 1.29 is 28.2 Å². The van der Waals surface area contributed by atoms with Crippen LogP contribution in [0.15, 0.2) is 55.7 Å². The van der Waals surface area contributed by atoms with Gasteiger partial charge in [-0.3, -0.25) is 14.5 Å². The number of furan rings is 1. The number of nitrogens with zero attached hydrogens (tertiary/aromatic N) is 4. The first-order valence-electron chi connectivity index (χ1n) is 12.9. The first kappa shape index (κ1) is 29.0. The van der Waals surface area contributed by atoms with Crippen LogP contribution in [-0.4, -0.2) is 49.0 Å². The Morgan fingerprint density at radius 3 is 2.57 bits per heavy atom. The third kappa shape index (κ3) is 5.40. The van der Waals surface area contributed by atoms with Gasteiger partial charge in [0.05, 0.1) is 44.6 Å². The van der Waals surface area contributed by atoms with E-state index in [0.29, 0.717) is 74.5 Å². The van der Waals surface area contributed by atoms with E-state index in [0.717, 1.165) is 0 Å². The number of aryl methyl sites for hydroxylation is 1. The molecule has 0 bridgehead atoms. The van der Waals surface area contributed by atoms with Crippen LogP contribution in [0.3, 0.4) is 0 Å². The topological polar surface area (TPSA) is 166 Å². The minimum atomic E-state index is -0.677. The molecule has 2 aromatic heterocycles. The Hall–Kier alpha value is -4.48. The molecule has 0 saturated carbocycles. The number of allylic oxidation sites excluding steroid dienone is 3. The molecule has 12 nitrogen and oxygen atoms in total. The number of ether oxygens (including phenoxy) is 3. The summed E-state index contributed by atoms with van der Waals surface area (Å²) in [5.74, 6) is 1.64. The SMILES string of the molecule is COc1cc(NC(=O)CSc2nnc(N3C(N)=C(C#N)C(c4ccc(C)o4)C4=C3CCCC4=O)s2)cc(OC)c1OC. The van der Waals surface area contributed by atoms with Crippen LogP contribution < -0.4 is 30.2 Å². The van der Waals surface area contributed by atoms with Gasteiger partial charge in [-0.1, -0.05) is 23.1 Å². The Morgan fingerprint density at radius 1 is 1.21 bits per heavy atom. The van der Waals surface area contributed by atoms with Crippen molar-refractivity contribution in [1.82, 2.24) is 10.2 Å². The predicted octanol–water partition coefficient (Wildman–Crippen LogP) is 4.50. The van der Waals surface area contributed by atoms with Gasteiger partial charge in [0.15, 0.2) is 21.6 Å². The third-order valence-electron chi connectivity index (χ3n) is 6.82. The Balaban J connectivity index is 1.37. The number of hydrogen-bond acceptors (Lipinski definition) is 13. The quantitative estimate of drug-likeness (QED) is 0.327. The number of benzene rings is 1. The predicted molar refractivity (Wildman–Crippen MR) is 157 cm³/mol. The number of aromatic nitrogens is 2. The van der Waals surface area contributed by atoms with Crippen LogP contribution in [0.5, 0.6) is 17.2 Å². The van der Waals surface area contributed by atoms with Crippen molar-refractivity contribution in [3.05, 3.63) is 58.5 Å². The van der Waals surface area contributed by atoms with E-state index in [9.17, 15) is 14.9 Å². The number of methoxy groups -OCH3 is 3. The molecule has 3 aromatic rings. The van der Waals surface area contributed by atoms with Crippen LogP contribution in [0.4, 0.5) is 10.8 Å². The van der Waals surface area contributed by atoms with Crippen LogP contribution in [0, 0.1) is 18.3 Å². The van der Waals surface area contributed by atoms with Gasteiger partial charge in [0.2, 0.25) is 16.8 Å². The molecule has 1 unspecified atom stereocenters. The number of amides is 1. The largest absolute Gasteiger partial charge is 0.493 e. The molecular weight excluding hydrogens is 580 g/mol. The summed E-state index contributed by atoms with van der Waals surface area (Å²) in [5.41, 5.74) is 8.45. The van der Waals surface area contributed by atoms with Gasteiger partial charge in [0.1, 0.15) is 17.3 Å². The maximum atomic E-state index is 13.2. The van der Waals surface area contributed by atoms with Gasteiger partial charge in [-0.15, -0.1) is 10.2 Å². The average molecular weight is 609 g/mol. The van der Waals surface area contributed by atoms with Gasteiger partial charge in [0.25, 0.3) is 0 Å². The molecule has 0 fully saturated rings. The standard InChI is InChI=1S/C28H28N6O6S2/c1-14-8-9-19(40-14)23-16(12-29)26(30)34(17-6-5-7-18(35)24(17)23)27-32-33-28(42-27)41-13-22(36)31-15-10-20(37-2)25(39-4)21(11-15)38-3/h8-11,23H,5-7,13,30H2,1-4H3,(H,31,36). The molecule has 1 aliphatic carbocycles.